The third-order valence-electron chi connectivity index (χ3n) is 2.46. The Labute approximate surface area is 114 Å². The molecular weight excluding hydrogens is 300 g/mol. The Morgan fingerprint density at radius 3 is 2.53 bits per heavy atom. The van der Waals surface area contributed by atoms with Crippen molar-refractivity contribution in [3.63, 3.8) is 0 Å². The molecule has 0 amide bonds. The second-order valence-corrected chi connectivity index (χ2v) is 5.20. The van der Waals surface area contributed by atoms with Crippen LogP contribution in [-0.2, 0) is 0 Å². The molecule has 0 saturated heterocycles. The molecule has 0 unspecified atom stereocenters. The van der Waals surface area contributed by atoms with Gasteiger partial charge in [0.2, 0.25) is 0 Å². The van der Waals surface area contributed by atoms with E-state index in [1.165, 1.54) is 0 Å². The molecule has 0 radical (unpaired) electrons. The van der Waals surface area contributed by atoms with Gasteiger partial charge < -0.3 is 0 Å². The topological polar surface area (TPSA) is 25.8 Å². The van der Waals surface area contributed by atoms with E-state index in [0.717, 1.165) is 17.0 Å². The smallest absolute Gasteiger partial charge is 0.197 e. The average molecular weight is 312 g/mol. The molecular formula is C13H12BrClN2. The van der Waals surface area contributed by atoms with Gasteiger partial charge in [-0.05, 0) is 34.0 Å². The van der Waals surface area contributed by atoms with Crippen LogP contribution >= 0.6 is 27.5 Å². The van der Waals surface area contributed by atoms with E-state index in [1.807, 2.05) is 30.3 Å². The molecule has 88 valence electrons. The normalized spacial score (nSPS) is 10.9. The maximum atomic E-state index is 6.17. The van der Waals surface area contributed by atoms with Crippen LogP contribution in [0.5, 0.6) is 0 Å². The molecule has 1 aromatic heterocycles. The van der Waals surface area contributed by atoms with Crippen molar-refractivity contribution in [1.29, 1.82) is 0 Å². The first kappa shape index (κ1) is 12.5. The van der Waals surface area contributed by atoms with Crippen molar-refractivity contribution in [1.82, 2.24) is 9.97 Å². The highest BCUT2D eigenvalue weighted by atomic mass is 79.9. The highest BCUT2D eigenvalue weighted by Crippen LogP contribution is 2.28. The first-order valence-electron chi connectivity index (χ1n) is 5.37. The van der Waals surface area contributed by atoms with E-state index < -0.39 is 0 Å². The molecule has 2 rings (SSSR count). The number of nitrogens with zero attached hydrogens (tertiary/aromatic N) is 2. The minimum Gasteiger partial charge on any atom is -0.227 e. The van der Waals surface area contributed by atoms with Crippen molar-refractivity contribution in [3.8, 4) is 11.3 Å². The summed E-state index contributed by atoms with van der Waals surface area (Å²) in [6.45, 7) is 4.20. The third kappa shape index (κ3) is 2.85. The van der Waals surface area contributed by atoms with Crippen molar-refractivity contribution in [2.45, 2.75) is 19.8 Å². The monoisotopic (exact) mass is 310 g/mol. The minimum atomic E-state index is 0.357. The summed E-state index contributed by atoms with van der Waals surface area (Å²) in [5.74, 6) is 0.357. The van der Waals surface area contributed by atoms with Crippen LogP contribution in [0.2, 0.25) is 5.02 Å². The zero-order chi connectivity index (χ0) is 12.4. The fourth-order valence-corrected chi connectivity index (χ4v) is 2.17. The molecule has 1 heterocycles. The summed E-state index contributed by atoms with van der Waals surface area (Å²) in [5.41, 5.74) is 2.78. The number of aromatic nitrogens is 2. The largest absolute Gasteiger partial charge is 0.227 e. The lowest BCUT2D eigenvalue weighted by Gasteiger charge is -2.08. The van der Waals surface area contributed by atoms with Crippen molar-refractivity contribution < 1.29 is 0 Å². The first-order valence-corrected chi connectivity index (χ1v) is 6.54. The summed E-state index contributed by atoms with van der Waals surface area (Å²) < 4.78 is 0.596. The maximum absolute atomic E-state index is 6.17. The van der Waals surface area contributed by atoms with E-state index in [2.05, 4.69) is 39.7 Å². The second kappa shape index (κ2) is 5.15. The van der Waals surface area contributed by atoms with E-state index in [-0.39, 0.29) is 0 Å². The van der Waals surface area contributed by atoms with Gasteiger partial charge in [-0.15, -0.1) is 0 Å². The summed E-state index contributed by atoms with van der Waals surface area (Å²) in [4.78, 5) is 8.72. The van der Waals surface area contributed by atoms with Gasteiger partial charge in [0.25, 0.3) is 0 Å². The van der Waals surface area contributed by atoms with E-state index in [9.17, 15) is 0 Å². The standard InChI is InChI=1S/C13H12BrClN2/c1-8(2)11-7-12(17-13(14)16-11)9-5-3-4-6-10(9)15/h3-8H,1-2H3. The van der Waals surface area contributed by atoms with Crippen LogP contribution in [0.1, 0.15) is 25.5 Å². The van der Waals surface area contributed by atoms with Crippen LogP contribution in [0.4, 0.5) is 0 Å². The first-order chi connectivity index (χ1) is 8.08. The SMILES string of the molecule is CC(C)c1cc(-c2ccccc2Cl)nc(Br)n1. The van der Waals surface area contributed by atoms with Gasteiger partial charge in [0.1, 0.15) is 0 Å². The van der Waals surface area contributed by atoms with Gasteiger partial charge in [0.15, 0.2) is 4.73 Å². The molecule has 0 aliphatic carbocycles. The number of benzene rings is 1. The fourth-order valence-electron chi connectivity index (χ4n) is 1.54. The van der Waals surface area contributed by atoms with E-state index in [0.29, 0.717) is 15.7 Å². The van der Waals surface area contributed by atoms with Crippen LogP contribution in [0.3, 0.4) is 0 Å². The van der Waals surface area contributed by atoms with Crippen molar-refractivity contribution in [2.24, 2.45) is 0 Å². The molecule has 0 aliphatic heterocycles. The molecule has 4 heteroatoms. The summed E-state index contributed by atoms with van der Waals surface area (Å²) in [6, 6.07) is 9.66. The molecule has 0 N–H and O–H groups in total. The lowest BCUT2D eigenvalue weighted by atomic mass is 10.1. The lowest BCUT2D eigenvalue weighted by molar-refractivity contribution is 0.808. The van der Waals surface area contributed by atoms with E-state index in [4.69, 9.17) is 11.6 Å². The Kier molecular flexibility index (Phi) is 3.79. The van der Waals surface area contributed by atoms with Gasteiger partial charge in [-0.25, -0.2) is 9.97 Å². The van der Waals surface area contributed by atoms with Crippen LogP contribution in [0.15, 0.2) is 35.1 Å². The molecule has 0 atom stereocenters. The summed E-state index contributed by atoms with van der Waals surface area (Å²) in [7, 11) is 0. The second-order valence-electron chi connectivity index (χ2n) is 4.08. The Hall–Kier alpha value is -0.930. The minimum absolute atomic E-state index is 0.357. The van der Waals surface area contributed by atoms with Crippen LogP contribution in [0, 0.1) is 0 Å². The number of rotatable bonds is 2. The number of hydrogen-bond acceptors (Lipinski definition) is 2. The van der Waals surface area contributed by atoms with Gasteiger partial charge in [0, 0.05) is 16.3 Å². The van der Waals surface area contributed by atoms with Crippen LogP contribution in [-0.4, -0.2) is 9.97 Å². The summed E-state index contributed by atoms with van der Waals surface area (Å²) >= 11 is 9.51. The summed E-state index contributed by atoms with van der Waals surface area (Å²) in [5, 5.41) is 0.702. The highest BCUT2D eigenvalue weighted by molar-refractivity contribution is 9.10. The van der Waals surface area contributed by atoms with Gasteiger partial charge in [-0.2, -0.15) is 0 Å². The van der Waals surface area contributed by atoms with Gasteiger partial charge >= 0.3 is 0 Å². The summed E-state index contributed by atoms with van der Waals surface area (Å²) in [6.07, 6.45) is 0. The molecule has 0 saturated carbocycles. The molecule has 0 spiro atoms. The number of halogens is 2. The predicted octanol–water partition coefficient (Wildman–Crippen LogP) is 4.68. The molecule has 0 aliphatic rings. The molecule has 0 bridgehead atoms. The Morgan fingerprint density at radius 1 is 1.18 bits per heavy atom. The average Bonchev–Trinajstić information content (AvgIpc) is 2.28. The maximum Gasteiger partial charge on any atom is 0.197 e. The van der Waals surface area contributed by atoms with Crippen molar-refractivity contribution >= 4 is 27.5 Å². The Balaban J connectivity index is 2.56. The van der Waals surface area contributed by atoms with Crippen LogP contribution in [0.25, 0.3) is 11.3 Å². The Morgan fingerprint density at radius 2 is 1.88 bits per heavy atom. The fraction of sp³-hybridized carbons (Fsp3) is 0.231. The van der Waals surface area contributed by atoms with Crippen molar-refractivity contribution in [3.05, 3.63) is 45.8 Å². The zero-order valence-corrected chi connectivity index (χ0v) is 12.0. The lowest BCUT2D eigenvalue weighted by Crippen LogP contribution is -1.97. The molecule has 0 fully saturated rings. The van der Waals surface area contributed by atoms with Crippen molar-refractivity contribution in [2.75, 3.05) is 0 Å². The molecule has 2 nitrogen and oxygen atoms in total. The Bertz CT molecular complexity index is 541. The number of hydrogen-bond donors (Lipinski definition) is 0. The molecule has 2 aromatic rings. The van der Waals surface area contributed by atoms with Crippen LogP contribution < -0.4 is 0 Å². The molecule has 17 heavy (non-hydrogen) atoms. The van der Waals surface area contributed by atoms with Gasteiger partial charge in [-0.3, -0.25) is 0 Å². The van der Waals surface area contributed by atoms with E-state index in [1.54, 1.807) is 0 Å². The zero-order valence-electron chi connectivity index (χ0n) is 9.61. The van der Waals surface area contributed by atoms with Gasteiger partial charge in [0.05, 0.1) is 5.69 Å². The third-order valence-corrected chi connectivity index (χ3v) is 3.14. The van der Waals surface area contributed by atoms with E-state index >= 15 is 0 Å². The van der Waals surface area contributed by atoms with Gasteiger partial charge in [-0.1, -0.05) is 43.6 Å². The predicted molar refractivity (Wildman–Crippen MR) is 74.3 cm³/mol. The highest BCUT2D eigenvalue weighted by Gasteiger charge is 2.09. The quantitative estimate of drug-likeness (QED) is 0.752. The molecule has 1 aromatic carbocycles.